The molecule has 0 fully saturated rings. The van der Waals surface area contributed by atoms with E-state index in [0.29, 0.717) is 10.6 Å². The van der Waals surface area contributed by atoms with E-state index in [1.165, 1.54) is 23.5 Å². The molecule has 5 nitrogen and oxygen atoms in total. The van der Waals surface area contributed by atoms with Gasteiger partial charge in [-0.05, 0) is 48.1 Å². The van der Waals surface area contributed by atoms with E-state index in [9.17, 15) is 14.0 Å². The third-order valence-corrected chi connectivity index (χ3v) is 4.60. The monoisotopic (exact) mass is 333 g/mol. The van der Waals surface area contributed by atoms with Crippen LogP contribution in [0.25, 0.3) is 0 Å². The molecule has 1 aromatic heterocycles. The summed E-state index contributed by atoms with van der Waals surface area (Å²) in [6.45, 7) is 0.883. The van der Waals surface area contributed by atoms with Crippen molar-refractivity contribution in [1.29, 1.82) is 0 Å². The van der Waals surface area contributed by atoms with Crippen LogP contribution in [0.5, 0.6) is 0 Å². The molecule has 120 valence electrons. The van der Waals surface area contributed by atoms with Crippen LogP contribution in [0, 0.1) is 5.82 Å². The Morgan fingerprint density at radius 2 is 2.17 bits per heavy atom. The van der Waals surface area contributed by atoms with Crippen LogP contribution in [0.1, 0.15) is 22.3 Å². The molecular weight excluding hydrogens is 317 g/mol. The van der Waals surface area contributed by atoms with Crippen LogP contribution in [0.15, 0.2) is 29.6 Å². The molecule has 2 heterocycles. The highest BCUT2D eigenvalue weighted by molar-refractivity contribution is 7.14. The van der Waals surface area contributed by atoms with Crippen LogP contribution in [-0.4, -0.2) is 24.9 Å². The number of amides is 2. The number of fused-ring (bicyclic) bond motifs is 1. The zero-order chi connectivity index (χ0) is 16.4. The van der Waals surface area contributed by atoms with E-state index in [1.54, 1.807) is 17.5 Å². The van der Waals surface area contributed by atoms with Crippen LogP contribution in [0.3, 0.4) is 0 Å². The predicted octanol–water partition coefficient (Wildman–Crippen LogP) is 2.38. The largest absolute Gasteiger partial charge is 0.366 e. The highest BCUT2D eigenvalue weighted by Crippen LogP contribution is 2.28. The van der Waals surface area contributed by atoms with E-state index in [0.717, 1.165) is 30.6 Å². The third-order valence-electron chi connectivity index (χ3n) is 3.77. The maximum Gasteiger partial charge on any atom is 0.251 e. The number of nitrogens with zero attached hydrogens (tertiary/aromatic N) is 1. The van der Waals surface area contributed by atoms with E-state index >= 15 is 0 Å². The Morgan fingerprint density at radius 1 is 1.35 bits per heavy atom. The second-order valence-corrected chi connectivity index (χ2v) is 6.29. The number of nitrogens with two attached hydrogens (primary N) is 1. The van der Waals surface area contributed by atoms with Crippen molar-refractivity contribution in [2.45, 2.75) is 12.8 Å². The molecule has 1 aliphatic rings. The summed E-state index contributed by atoms with van der Waals surface area (Å²) in [4.78, 5) is 25.5. The molecule has 2 amide bonds. The molecule has 23 heavy (non-hydrogen) atoms. The van der Waals surface area contributed by atoms with Gasteiger partial charge in [0.25, 0.3) is 5.91 Å². The van der Waals surface area contributed by atoms with Crippen molar-refractivity contribution in [1.82, 2.24) is 0 Å². The quantitative estimate of drug-likeness (QED) is 0.902. The second kappa shape index (κ2) is 6.37. The average molecular weight is 333 g/mol. The summed E-state index contributed by atoms with van der Waals surface area (Å²) in [5.74, 6) is -1.06. The van der Waals surface area contributed by atoms with Crippen molar-refractivity contribution in [2.24, 2.45) is 5.73 Å². The summed E-state index contributed by atoms with van der Waals surface area (Å²) in [5, 5.41) is 4.88. The summed E-state index contributed by atoms with van der Waals surface area (Å²) in [6, 6.07) is 6.21. The molecule has 0 bridgehead atoms. The predicted molar refractivity (Wildman–Crippen MR) is 88.4 cm³/mol. The Hall–Kier alpha value is -2.41. The van der Waals surface area contributed by atoms with Gasteiger partial charge in [0.1, 0.15) is 10.8 Å². The Balaban J connectivity index is 1.72. The van der Waals surface area contributed by atoms with Crippen molar-refractivity contribution < 1.29 is 14.0 Å². The van der Waals surface area contributed by atoms with E-state index in [-0.39, 0.29) is 18.3 Å². The number of hydrogen-bond acceptors (Lipinski definition) is 4. The first-order chi connectivity index (χ1) is 11.0. The second-order valence-electron chi connectivity index (χ2n) is 5.37. The minimum Gasteiger partial charge on any atom is -0.366 e. The number of carbonyl (C=O) groups excluding carboxylic acids is 2. The zero-order valence-corrected chi connectivity index (χ0v) is 13.2. The van der Waals surface area contributed by atoms with Gasteiger partial charge in [0.15, 0.2) is 0 Å². The number of benzene rings is 1. The van der Waals surface area contributed by atoms with Gasteiger partial charge < -0.3 is 16.0 Å². The number of thiophene rings is 1. The minimum absolute atomic E-state index is 0.148. The molecule has 0 aliphatic carbocycles. The Morgan fingerprint density at radius 3 is 2.96 bits per heavy atom. The number of carbonyl (C=O) groups is 2. The topological polar surface area (TPSA) is 75.4 Å². The van der Waals surface area contributed by atoms with Crippen LogP contribution in [-0.2, 0) is 11.2 Å². The molecule has 1 aromatic carbocycles. The van der Waals surface area contributed by atoms with Crippen LogP contribution in [0.2, 0.25) is 0 Å². The van der Waals surface area contributed by atoms with Crippen molar-refractivity contribution >= 4 is 33.8 Å². The molecule has 1 aliphatic heterocycles. The van der Waals surface area contributed by atoms with E-state index in [4.69, 9.17) is 5.73 Å². The molecule has 0 saturated heterocycles. The van der Waals surface area contributed by atoms with Gasteiger partial charge in [-0.1, -0.05) is 0 Å². The summed E-state index contributed by atoms with van der Waals surface area (Å²) in [6.07, 6.45) is 1.68. The SMILES string of the molecule is NC(=O)c1ccsc1NC(=O)CN1CCCc2cc(F)ccc21. The fraction of sp³-hybridized carbons (Fsp3) is 0.250. The van der Waals surface area contributed by atoms with Gasteiger partial charge in [-0.2, -0.15) is 0 Å². The molecule has 3 rings (SSSR count). The van der Waals surface area contributed by atoms with Gasteiger partial charge >= 0.3 is 0 Å². The highest BCUT2D eigenvalue weighted by atomic mass is 32.1. The molecular formula is C16H16FN3O2S. The van der Waals surface area contributed by atoms with Gasteiger partial charge in [0.05, 0.1) is 12.1 Å². The fourth-order valence-corrected chi connectivity index (χ4v) is 3.56. The van der Waals surface area contributed by atoms with Gasteiger partial charge in [-0.25, -0.2) is 4.39 Å². The number of hydrogen-bond donors (Lipinski definition) is 2. The van der Waals surface area contributed by atoms with Crippen molar-refractivity contribution in [3.05, 3.63) is 46.6 Å². The average Bonchev–Trinajstić information content (AvgIpc) is 2.95. The molecule has 0 spiro atoms. The Labute approximate surface area is 136 Å². The van der Waals surface area contributed by atoms with Gasteiger partial charge in [0, 0.05) is 12.2 Å². The zero-order valence-electron chi connectivity index (χ0n) is 12.3. The minimum atomic E-state index is -0.569. The summed E-state index contributed by atoms with van der Waals surface area (Å²) in [7, 11) is 0. The van der Waals surface area contributed by atoms with Crippen LogP contribution in [0.4, 0.5) is 15.1 Å². The van der Waals surface area contributed by atoms with Crippen molar-refractivity contribution in [2.75, 3.05) is 23.3 Å². The van der Waals surface area contributed by atoms with Crippen molar-refractivity contribution in [3.8, 4) is 0 Å². The Kier molecular flexibility index (Phi) is 4.29. The molecule has 0 saturated carbocycles. The number of nitrogens with one attached hydrogen (secondary N) is 1. The van der Waals surface area contributed by atoms with Gasteiger partial charge in [0.2, 0.25) is 5.91 Å². The van der Waals surface area contributed by atoms with Gasteiger partial charge in [-0.15, -0.1) is 11.3 Å². The standard InChI is InChI=1S/C16H16FN3O2S/c17-11-3-4-13-10(8-11)2-1-6-20(13)9-14(21)19-16-12(15(18)22)5-7-23-16/h3-5,7-8H,1-2,6,9H2,(H2,18,22)(H,19,21). The summed E-state index contributed by atoms with van der Waals surface area (Å²) in [5.41, 5.74) is 7.37. The number of halogens is 1. The van der Waals surface area contributed by atoms with E-state index < -0.39 is 5.91 Å². The normalized spacial score (nSPS) is 13.5. The first kappa shape index (κ1) is 15.5. The number of anilines is 2. The highest BCUT2D eigenvalue weighted by Gasteiger charge is 2.20. The maximum atomic E-state index is 13.3. The lowest BCUT2D eigenvalue weighted by Crippen LogP contribution is -2.37. The molecule has 0 atom stereocenters. The Bertz CT molecular complexity index is 760. The molecule has 0 radical (unpaired) electrons. The molecule has 0 unspecified atom stereocenters. The first-order valence-corrected chi connectivity index (χ1v) is 8.13. The van der Waals surface area contributed by atoms with E-state index in [1.807, 2.05) is 4.90 Å². The fourth-order valence-electron chi connectivity index (χ4n) is 2.75. The number of primary amides is 1. The summed E-state index contributed by atoms with van der Waals surface area (Å²) >= 11 is 1.25. The van der Waals surface area contributed by atoms with Crippen LogP contribution < -0.4 is 16.0 Å². The number of rotatable bonds is 4. The third kappa shape index (κ3) is 3.34. The molecule has 3 N–H and O–H groups in total. The molecule has 7 heteroatoms. The molecule has 2 aromatic rings. The van der Waals surface area contributed by atoms with E-state index in [2.05, 4.69) is 5.32 Å². The smallest absolute Gasteiger partial charge is 0.251 e. The lowest BCUT2D eigenvalue weighted by Gasteiger charge is -2.30. The summed E-state index contributed by atoms with van der Waals surface area (Å²) < 4.78 is 13.3. The van der Waals surface area contributed by atoms with Gasteiger partial charge in [-0.3, -0.25) is 9.59 Å². The maximum absolute atomic E-state index is 13.3. The lowest BCUT2D eigenvalue weighted by atomic mass is 10.0. The first-order valence-electron chi connectivity index (χ1n) is 7.25. The van der Waals surface area contributed by atoms with Crippen LogP contribution >= 0.6 is 11.3 Å². The van der Waals surface area contributed by atoms with Crippen molar-refractivity contribution in [3.63, 3.8) is 0 Å². The lowest BCUT2D eigenvalue weighted by molar-refractivity contribution is -0.115. The number of aryl methyl sites for hydroxylation is 1.